The minimum absolute atomic E-state index is 0.334. The summed E-state index contributed by atoms with van der Waals surface area (Å²) in [6.45, 7) is 0. The van der Waals surface area contributed by atoms with E-state index >= 15 is 0 Å². The Morgan fingerprint density at radius 2 is 1.62 bits per heavy atom. The summed E-state index contributed by atoms with van der Waals surface area (Å²) in [7, 11) is 0. The number of nitriles is 1. The third-order valence-electron chi connectivity index (χ3n) is 3.97. The summed E-state index contributed by atoms with van der Waals surface area (Å²) in [6, 6.07) is 15.3. The van der Waals surface area contributed by atoms with E-state index in [1.54, 1.807) is 48.5 Å². The number of hydrogen-bond donors (Lipinski definition) is 2. The van der Waals surface area contributed by atoms with E-state index in [4.69, 9.17) is 16.9 Å². The summed E-state index contributed by atoms with van der Waals surface area (Å²) in [4.78, 5) is 25.0. The van der Waals surface area contributed by atoms with Crippen molar-refractivity contribution in [2.45, 2.75) is 12.8 Å². The van der Waals surface area contributed by atoms with E-state index in [2.05, 4.69) is 10.6 Å². The molecular formula is C18H14ClN3O2. The molecule has 2 aromatic carbocycles. The lowest BCUT2D eigenvalue weighted by molar-refractivity contribution is -0.131. The quantitative estimate of drug-likeness (QED) is 0.835. The predicted octanol–water partition coefficient (Wildman–Crippen LogP) is 3.57. The van der Waals surface area contributed by atoms with Crippen LogP contribution in [0, 0.1) is 16.7 Å². The molecule has 1 saturated carbocycles. The maximum absolute atomic E-state index is 12.5. The highest BCUT2D eigenvalue weighted by Gasteiger charge is 2.56. The topological polar surface area (TPSA) is 82.0 Å². The van der Waals surface area contributed by atoms with E-state index < -0.39 is 5.41 Å². The minimum Gasteiger partial charge on any atom is -0.325 e. The van der Waals surface area contributed by atoms with Crippen LogP contribution in [-0.2, 0) is 9.59 Å². The van der Waals surface area contributed by atoms with Crippen LogP contribution in [0.2, 0.25) is 5.02 Å². The fourth-order valence-electron chi connectivity index (χ4n) is 2.38. The Labute approximate surface area is 144 Å². The highest BCUT2D eigenvalue weighted by Crippen LogP contribution is 2.47. The fraction of sp³-hybridized carbons (Fsp3) is 0.167. The van der Waals surface area contributed by atoms with Gasteiger partial charge in [-0.25, -0.2) is 0 Å². The van der Waals surface area contributed by atoms with E-state index in [1.165, 1.54) is 0 Å². The highest BCUT2D eigenvalue weighted by atomic mass is 35.5. The molecule has 1 aliphatic rings. The van der Waals surface area contributed by atoms with Crippen LogP contribution in [0.3, 0.4) is 0 Å². The highest BCUT2D eigenvalue weighted by molar-refractivity contribution is 6.30. The average molecular weight is 340 g/mol. The van der Waals surface area contributed by atoms with Gasteiger partial charge >= 0.3 is 0 Å². The number of nitrogens with one attached hydrogen (secondary N) is 2. The van der Waals surface area contributed by atoms with E-state index in [0.717, 1.165) is 0 Å². The fourth-order valence-corrected chi connectivity index (χ4v) is 2.51. The smallest absolute Gasteiger partial charge is 0.240 e. The van der Waals surface area contributed by atoms with Crippen LogP contribution in [-0.4, -0.2) is 11.8 Å². The third-order valence-corrected chi connectivity index (χ3v) is 4.22. The summed E-state index contributed by atoms with van der Waals surface area (Å²) in [6.07, 6.45) is 0.992. The first-order valence-electron chi connectivity index (χ1n) is 7.42. The lowest BCUT2D eigenvalue weighted by Gasteiger charge is -2.15. The molecule has 1 aliphatic carbocycles. The van der Waals surface area contributed by atoms with Gasteiger partial charge in [0, 0.05) is 16.4 Å². The Kier molecular flexibility index (Phi) is 4.24. The first kappa shape index (κ1) is 16.0. The molecular weight excluding hydrogens is 326 g/mol. The Morgan fingerprint density at radius 3 is 2.21 bits per heavy atom. The van der Waals surface area contributed by atoms with E-state index in [9.17, 15) is 9.59 Å². The molecule has 120 valence electrons. The molecule has 2 aromatic rings. The first-order chi connectivity index (χ1) is 11.5. The van der Waals surface area contributed by atoms with Gasteiger partial charge in [0.15, 0.2) is 0 Å². The zero-order valence-corrected chi connectivity index (χ0v) is 13.4. The van der Waals surface area contributed by atoms with E-state index in [-0.39, 0.29) is 11.8 Å². The number of amides is 2. The molecule has 3 rings (SSSR count). The number of carbonyl (C=O) groups is 2. The van der Waals surface area contributed by atoms with Crippen molar-refractivity contribution in [3.8, 4) is 6.07 Å². The van der Waals surface area contributed by atoms with Gasteiger partial charge in [0.25, 0.3) is 0 Å². The van der Waals surface area contributed by atoms with Crippen LogP contribution in [0.5, 0.6) is 0 Å². The molecule has 0 saturated heterocycles. The van der Waals surface area contributed by atoms with Gasteiger partial charge in [0.1, 0.15) is 5.41 Å². The maximum atomic E-state index is 12.5. The zero-order chi connectivity index (χ0) is 17.2. The Hall–Kier alpha value is -2.84. The molecule has 0 bridgehead atoms. The van der Waals surface area contributed by atoms with Crippen LogP contribution in [0.1, 0.15) is 18.4 Å². The number of hydrogen-bond acceptors (Lipinski definition) is 3. The summed E-state index contributed by atoms with van der Waals surface area (Å²) in [5.74, 6) is -0.692. The van der Waals surface area contributed by atoms with Gasteiger partial charge < -0.3 is 10.6 Å². The molecule has 0 atom stereocenters. The summed E-state index contributed by atoms with van der Waals surface area (Å²) in [5, 5.41) is 15.0. The molecule has 0 spiro atoms. The normalized spacial score (nSPS) is 14.3. The molecule has 1 fully saturated rings. The van der Waals surface area contributed by atoms with Crippen molar-refractivity contribution in [3.63, 3.8) is 0 Å². The molecule has 24 heavy (non-hydrogen) atoms. The molecule has 0 radical (unpaired) electrons. The van der Waals surface area contributed by atoms with Gasteiger partial charge in [0.05, 0.1) is 11.6 Å². The molecule has 2 amide bonds. The van der Waals surface area contributed by atoms with E-state index in [1.807, 2.05) is 6.07 Å². The van der Waals surface area contributed by atoms with Crippen molar-refractivity contribution in [2.75, 3.05) is 10.6 Å². The van der Waals surface area contributed by atoms with Gasteiger partial charge in [-0.05, 0) is 55.3 Å². The van der Waals surface area contributed by atoms with Crippen LogP contribution in [0.4, 0.5) is 11.4 Å². The van der Waals surface area contributed by atoms with Crippen molar-refractivity contribution in [2.24, 2.45) is 5.41 Å². The van der Waals surface area contributed by atoms with Crippen LogP contribution in [0.25, 0.3) is 0 Å². The first-order valence-corrected chi connectivity index (χ1v) is 7.80. The van der Waals surface area contributed by atoms with Crippen molar-refractivity contribution in [1.82, 2.24) is 0 Å². The largest absolute Gasteiger partial charge is 0.325 e. The summed E-state index contributed by atoms with van der Waals surface area (Å²) in [5.41, 5.74) is 0.491. The van der Waals surface area contributed by atoms with Gasteiger partial charge in [-0.15, -0.1) is 0 Å². The van der Waals surface area contributed by atoms with Gasteiger partial charge in [-0.1, -0.05) is 17.7 Å². The van der Waals surface area contributed by atoms with Crippen LogP contribution < -0.4 is 10.6 Å². The SMILES string of the molecule is N#Cc1cccc(NC(=O)C2(C(=O)Nc3ccc(Cl)cc3)CC2)c1. The molecule has 2 N–H and O–H groups in total. The maximum Gasteiger partial charge on any atom is 0.240 e. The second kappa shape index (κ2) is 6.34. The number of nitrogens with zero attached hydrogens (tertiary/aromatic N) is 1. The van der Waals surface area contributed by atoms with E-state index in [0.29, 0.717) is 34.8 Å². The molecule has 0 heterocycles. The molecule has 6 heteroatoms. The van der Waals surface area contributed by atoms with Gasteiger partial charge in [0.2, 0.25) is 11.8 Å². The van der Waals surface area contributed by atoms with Crippen molar-refractivity contribution in [1.29, 1.82) is 5.26 Å². The molecule has 5 nitrogen and oxygen atoms in total. The van der Waals surface area contributed by atoms with Crippen molar-refractivity contribution in [3.05, 3.63) is 59.1 Å². The zero-order valence-electron chi connectivity index (χ0n) is 12.7. The Morgan fingerprint density at radius 1 is 1.00 bits per heavy atom. The monoisotopic (exact) mass is 339 g/mol. The van der Waals surface area contributed by atoms with Crippen LogP contribution >= 0.6 is 11.6 Å². The lowest BCUT2D eigenvalue weighted by atomic mass is 10.0. The average Bonchev–Trinajstić information content (AvgIpc) is 3.39. The standard InChI is InChI=1S/C18H14ClN3O2/c19-13-4-6-14(7-5-13)21-16(23)18(8-9-18)17(24)22-15-3-1-2-12(10-15)11-20/h1-7,10H,8-9H2,(H,21,23)(H,22,24). The Balaban J connectivity index is 1.70. The second-order valence-electron chi connectivity index (χ2n) is 5.69. The number of benzene rings is 2. The van der Waals surface area contributed by atoms with Gasteiger partial charge in [-0.2, -0.15) is 5.26 Å². The summed E-state index contributed by atoms with van der Waals surface area (Å²) < 4.78 is 0. The predicted molar refractivity (Wildman–Crippen MR) is 91.5 cm³/mol. The second-order valence-corrected chi connectivity index (χ2v) is 6.13. The Bertz CT molecular complexity index is 836. The molecule has 0 aliphatic heterocycles. The summed E-state index contributed by atoms with van der Waals surface area (Å²) >= 11 is 5.82. The molecule has 0 unspecified atom stereocenters. The minimum atomic E-state index is -1.05. The lowest BCUT2D eigenvalue weighted by Crippen LogP contribution is -2.35. The van der Waals surface area contributed by atoms with Crippen molar-refractivity contribution < 1.29 is 9.59 Å². The van der Waals surface area contributed by atoms with Crippen LogP contribution in [0.15, 0.2) is 48.5 Å². The number of anilines is 2. The van der Waals surface area contributed by atoms with Crippen molar-refractivity contribution >= 4 is 34.8 Å². The number of carbonyl (C=O) groups excluding carboxylic acids is 2. The number of halogens is 1. The van der Waals surface area contributed by atoms with Gasteiger partial charge in [-0.3, -0.25) is 9.59 Å². The molecule has 0 aromatic heterocycles. The third kappa shape index (κ3) is 3.24. The number of rotatable bonds is 4.